The molecule has 2 aromatic rings. The molecule has 112 valence electrons. The molecule has 21 heavy (non-hydrogen) atoms. The Morgan fingerprint density at radius 1 is 1.38 bits per heavy atom. The topological polar surface area (TPSA) is 56.4 Å². The van der Waals surface area contributed by atoms with Gasteiger partial charge in [0.2, 0.25) is 0 Å². The van der Waals surface area contributed by atoms with E-state index in [1.807, 2.05) is 25.1 Å². The van der Waals surface area contributed by atoms with E-state index in [4.69, 9.17) is 4.74 Å². The van der Waals surface area contributed by atoms with Crippen molar-refractivity contribution in [3.05, 3.63) is 52.2 Å². The lowest BCUT2D eigenvalue weighted by Gasteiger charge is -2.15. The van der Waals surface area contributed by atoms with E-state index in [1.54, 1.807) is 28.6 Å². The van der Waals surface area contributed by atoms with Crippen LogP contribution in [0.25, 0.3) is 0 Å². The molecule has 1 heterocycles. The molecule has 3 rings (SSSR count). The summed E-state index contributed by atoms with van der Waals surface area (Å²) in [4.78, 5) is 12.2. The molecule has 0 amide bonds. The van der Waals surface area contributed by atoms with Gasteiger partial charge in [-0.05, 0) is 31.9 Å². The van der Waals surface area contributed by atoms with Crippen molar-refractivity contribution in [1.29, 1.82) is 0 Å². The molecule has 1 aliphatic rings. The summed E-state index contributed by atoms with van der Waals surface area (Å²) in [5.74, 6) is 0.641. The number of rotatable bonds is 5. The Kier molecular flexibility index (Phi) is 3.59. The quantitative estimate of drug-likeness (QED) is 0.916. The summed E-state index contributed by atoms with van der Waals surface area (Å²) >= 11 is 0. The maximum atomic E-state index is 12.2. The number of nitrogens with zero attached hydrogens (tertiary/aromatic N) is 2. The molecular weight excluding hydrogens is 268 g/mol. The Balaban J connectivity index is 1.84. The average Bonchev–Trinajstić information content (AvgIpc) is 3.25. The lowest BCUT2D eigenvalue weighted by molar-refractivity contribution is 0.151. The molecule has 1 atom stereocenters. The Hall–Kier alpha value is -2.01. The van der Waals surface area contributed by atoms with Crippen molar-refractivity contribution < 1.29 is 9.84 Å². The van der Waals surface area contributed by atoms with Crippen LogP contribution in [0.5, 0.6) is 5.75 Å². The van der Waals surface area contributed by atoms with Gasteiger partial charge in [0, 0.05) is 24.0 Å². The number of aromatic nitrogens is 2. The molecule has 1 aromatic carbocycles. The van der Waals surface area contributed by atoms with Crippen LogP contribution >= 0.6 is 0 Å². The second-order valence-electron chi connectivity index (χ2n) is 5.63. The second-order valence-corrected chi connectivity index (χ2v) is 5.63. The SMILES string of the molecule is COc1ccc(C)cc1C(O)Cn1ccn(C2CC2)c1=O. The van der Waals surface area contributed by atoms with Crippen LogP contribution < -0.4 is 10.4 Å². The predicted octanol–water partition coefficient (Wildman–Crippen LogP) is 2.04. The predicted molar refractivity (Wildman–Crippen MR) is 79.7 cm³/mol. The fourth-order valence-electron chi connectivity index (χ4n) is 2.60. The van der Waals surface area contributed by atoms with Gasteiger partial charge in [0.1, 0.15) is 11.9 Å². The maximum absolute atomic E-state index is 12.2. The number of hydrogen-bond acceptors (Lipinski definition) is 3. The summed E-state index contributed by atoms with van der Waals surface area (Å²) in [6.45, 7) is 2.20. The minimum Gasteiger partial charge on any atom is -0.496 e. The van der Waals surface area contributed by atoms with Gasteiger partial charge in [-0.2, -0.15) is 0 Å². The van der Waals surface area contributed by atoms with Crippen molar-refractivity contribution in [3.8, 4) is 5.75 Å². The molecule has 5 heteroatoms. The van der Waals surface area contributed by atoms with Crippen molar-refractivity contribution in [2.24, 2.45) is 0 Å². The third-order valence-electron chi connectivity index (χ3n) is 3.93. The van der Waals surface area contributed by atoms with Crippen LogP contribution in [0.2, 0.25) is 0 Å². The highest BCUT2D eigenvalue weighted by Crippen LogP contribution is 2.33. The molecule has 0 bridgehead atoms. The highest BCUT2D eigenvalue weighted by atomic mass is 16.5. The van der Waals surface area contributed by atoms with Crippen LogP contribution in [0.1, 0.15) is 36.1 Å². The van der Waals surface area contributed by atoms with E-state index in [9.17, 15) is 9.90 Å². The average molecular weight is 288 g/mol. The first-order chi connectivity index (χ1) is 10.1. The number of ether oxygens (including phenoxy) is 1. The molecule has 1 aromatic heterocycles. The zero-order chi connectivity index (χ0) is 15.0. The van der Waals surface area contributed by atoms with Gasteiger partial charge in [0.25, 0.3) is 0 Å². The van der Waals surface area contributed by atoms with Gasteiger partial charge in [0.05, 0.1) is 13.7 Å². The smallest absolute Gasteiger partial charge is 0.328 e. The molecule has 0 aliphatic heterocycles. The van der Waals surface area contributed by atoms with Gasteiger partial charge in [-0.25, -0.2) is 4.79 Å². The lowest BCUT2D eigenvalue weighted by atomic mass is 10.1. The first kappa shape index (κ1) is 13.9. The number of aliphatic hydroxyl groups is 1. The first-order valence-electron chi connectivity index (χ1n) is 7.20. The van der Waals surface area contributed by atoms with Crippen LogP contribution in [0, 0.1) is 6.92 Å². The van der Waals surface area contributed by atoms with Crippen LogP contribution in [0.15, 0.2) is 35.4 Å². The summed E-state index contributed by atoms with van der Waals surface area (Å²) in [7, 11) is 1.58. The van der Waals surface area contributed by atoms with Crippen molar-refractivity contribution in [2.45, 2.75) is 38.5 Å². The molecule has 1 N–H and O–H groups in total. The van der Waals surface area contributed by atoms with E-state index in [0.29, 0.717) is 17.4 Å². The zero-order valence-corrected chi connectivity index (χ0v) is 12.3. The molecule has 1 unspecified atom stereocenters. The number of aliphatic hydroxyl groups excluding tert-OH is 1. The highest BCUT2D eigenvalue weighted by molar-refractivity contribution is 5.38. The van der Waals surface area contributed by atoms with Gasteiger partial charge in [-0.1, -0.05) is 11.6 Å². The Morgan fingerprint density at radius 3 is 2.81 bits per heavy atom. The summed E-state index contributed by atoms with van der Waals surface area (Å²) in [6.07, 6.45) is 4.91. The molecule has 1 fully saturated rings. The summed E-state index contributed by atoms with van der Waals surface area (Å²) in [6, 6.07) is 6.02. The number of aryl methyl sites for hydroxylation is 1. The van der Waals surface area contributed by atoms with Crippen molar-refractivity contribution >= 4 is 0 Å². The molecule has 0 spiro atoms. The monoisotopic (exact) mass is 288 g/mol. The largest absolute Gasteiger partial charge is 0.496 e. The highest BCUT2D eigenvalue weighted by Gasteiger charge is 2.26. The molecule has 1 aliphatic carbocycles. The molecule has 5 nitrogen and oxygen atoms in total. The molecule has 0 radical (unpaired) electrons. The first-order valence-corrected chi connectivity index (χ1v) is 7.20. The third kappa shape index (κ3) is 2.74. The van der Waals surface area contributed by atoms with Crippen LogP contribution in [-0.4, -0.2) is 21.4 Å². The normalized spacial score (nSPS) is 16.0. The van der Waals surface area contributed by atoms with Gasteiger partial charge >= 0.3 is 5.69 Å². The van der Waals surface area contributed by atoms with Crippen molar-refractivity contribution in [2.75, 3.05) is 7.11 Å². The molecule has 1 saturated carbocycles. The van der Waals surface area contributed by atoms with E-state index >= 15 is 0 Å². The minimum absolute atomic E-state index is 0.0526. The van der Waals surface area contributed by atoms with Crippen LogP contribution in [0.3, 0.4) is 0 Å². The summed E-state index contributed by atoms with van der Waals surface area (Å²) in [5, 5.41) is 10.4. The van der Waals surface area contributed by atoms with E-state index in [1.165, 1.54) is 0 Å². The van der Waals surface area contributed by atoms with Gasteiger partial charge in [-0.15, -0.1) is 0 Å². The van der Waals surface area contributed by atoms with Gasteiger partial charge in [0.15, 0.2) is 0 Å². The number of imidazole rings is 1. The van der Waals surface area contributed by atoms with Crippen molar-refractivity contribution in [3.63, 3.8) is 0 Å². The minimum atomic E-state index is -0.771. The second kappa shape index (κ2) is 5.41. The Morgan fingerprint density at radius 2 is 2.14 bits per heavy atom. The van der Waals surface area contributed by atoms with Crippen LogP contribution in [0.4, 0.5) is 0 Å². The summed E-state index contributed by atoms with van der Waals surface area (Å²) in [5.41, 5.74) is 1.71. The number of hydrogen-bond donors (Lipinski definition) is 1. The third-order valence-corrected chi connectivity index (χ3v) is 3.93. The van der Waals surface area contributed by atoms with E-state index in [2.05, 4.69) is 0 Å². The number of benzene rings is 1. The Labute approximate surface area is 123 Å². The number of methoxy groups -OCH3 is 1. The standard InChI is InChI=1S/C16H20N2O3/c1-11-3-6-15(21-2)13(9-11)14(19)10-17-7-8-18(16(17)20)12-4-5-12/h3,6-9,12,14,19H,4-5,10H2,1-2H3. The van der Waals surface area contributed by atoms with E-state index in [0.717, 1.165) is 18.4 Å². The molecule has 0 saturated heterocycles. The zero-order valence-electron chi connectivity index (χ0n) is 12.3. The lowest BCUT2D eigenvalue weighted by Crippen LogP contribution is -2.25. The maximum Gasteiger partial charge on any atom is 0.328 e. The van der Waals surface area contributed by atoms with E-state index in [-0.39, 0.29) is 12.2 Å². The van der Waals surface area contributed by atoms with Crippen molar-refractivity contribution in [1.82, 2.24) is 9.13 Å². The Bertz CT molecular complexity index is 698. The van der Waals surface area contributed by atoms with E-state index < -0.39 is 6.10 Å². The fraction of sp³-hybridized carbons (Fsp3) is 0.438. The van der Waals surface area contributed by atoms with Gasteiger partial charge < -0.3 is 9.84 Å². The van der Waals surface area contributed by atoms with Crippen LogP contribution in [-0.2, 0) is 6.54 Å². The van der Waals surface area contributed by atoms with Gasteiger partial charge in [-0.3, -0.25) is 9.13 Å². The summed E-state index contributed by atoms with van der Waals surface area (Å²) < 4.78 is 8.60. The molecular formula is C16H20N2O3. The fourth-order valence-corrected chi connectivity index (χ4v) is 2.60.